The third-order valence-corrected chi connectivity index (χ3v) is 6.15. The molecule has 27 heavy (non-hydrogen) atoms. The molecule has 9 nitrogen and oxygen atoms in total. The van der Waals surface area contributed by atoms with Crippen molar-refractivity contribution < 1.29 is 27.6 Å². The van der Waals surface area contributed by atoms with Crippen LogP contribution in [0.15, 0.2) is 29.2 Å². The van der Waals surface area contributed by atoms with Crippen molar-refractivity contribution in [2.75, 3.05) is 58.7 Å². The molecule has 1 aromatic rings. The molecule has 1 aliphatic rings. The predicted molar refractivity (Wildman–Crippen MR) is 100 cm³/mol. The highest BCUT2D eigenvalue weighted by atomic mass is 32.2. The van der Waals surface area contributed by atoms with E-state index >= 15 is 0 Å². The van der Waals surface area contributed by atoms with E-state index in [1.165, 1.54) is 26.2 Å². The minimum Gasteiger partial charge on any atom is -0.450 e. The monoisotopic (exact) mass is 399 g/mol. The van der Waals surface area contributed by atoms with Crippen molar-refractivity contribution in [1.82, 2.24) is 9.21 Å². The Morgan fingerprint density at radius 1 is 1.19 bits per heavy atom. The fourth-order valence-electron chi connectivity index (χ4n) is 2.75. The smallest absolute Gasteiger partial charge is 0.410 e. The SMILES string of the molecule is CCOC(=O)N1CC[NH+](CC(=O)Nc2ccc(S(=O)(=O)N(C)C)cc2)CC1. The molecule has 0 aliphatic carbocycles. The third kappa shape index (κ3) is 5.65. The second kappa shape index (κ2) is 9.16. The summed E-state index contributed by atoms with van der Waals surface area (Å²) in [4.78, 5) is 26.8. The number of sulfonamides is 1. The molecule has 1 aromatic carbocycles. The molecule has 0 atom stereocenters. The summed E-state index contributed by atoms with van der Waals surface area (Å²) in [5.41, 5.74) is 0.544. The zero-order valence-electron chi connectivity index (χ0n) is 15.9. The fraction of sp³-hybridized carbons (Fsp3) is 0.529. The molecule has 1 heterocycles. The second-order valence-corrected chi connectivity index (χ2v) is 8.62. The summed E-state index contributed by atoms with van der Waals surface area (Å²) in [6.45, 7) is 4.86. The van der Waals surface area contributed by atoms with Crippen LogP contribution in [-0.2, 0) is 19.6 Å². The first-order valence-corrected chi connectivity index (χ1v) is 10.3. The van der Waals surface area contributed by atoms with E-state index in [1.54, 1.807) is 24.0 Å². The number of carbonyl (C=O) groups excluding carboxylic acids is 2. The highest BCUT2D eigenvalue weighted by Gasteiger charge is 2.26. The number of amides is 2. The van der Waals surface area contributed by atoms with E-state index in [0.29, 0.717) is 38.5 Å². The number of ether oxygens (including phenoxy) is 1. The number of anilines is 1. The predicted octanol–water partition coefficient (Wildman–Crippen LogP) is -0.768. The molecule has 1 aliphatic heterocycles. The lowest BCUT2D eigenvalue weighted by molar-refractivity contribution is -0.895. The minimum atomic E-state index is -3.49. The van der Waals surface area contributed by atoms with Crippen LogP contribution in [0, 0.1) is 0 Å². The Morgan fingerprint density at radius 3 is 2.30 bits per heavy atom. The van der Waals surface area contributed by atoms with Crippen LogP contribution in [0.4, 0.5) is 10.5 Å². The van der Waals surface area contributed by atoms with Gasteiger partial charge in [-0.15, -0.1) is 0 Å². The zero-order valence-corrected chi connectivity index (χ0v) is 16.7. The van der Waals surface area contributed by atoms with Gasteiger partial charge in [-0.2, -0.15) is 0 Å². The molecule has 0 spiro atoms. The van der Waals surface area contributed by atoms with Gasteiger partial charge in [0.1, 0.15) is 0 Å². The van der Waals surface area contributed by atoms with E-state index in [2.05, 4.69) is 5.32 Å². The van der Waals surface area contributed by atoms with E-state index in [4.69, 9.17) is 4.74 Å². The maximum Gasteiger partial charge on any atom is 0.410 e. The number of carbonyl (C=O) groups is 2. The van der Waals surface area contributed by atoms with Gasteiger partial charge >= 0.3 is 6.09 Å². The molecule has 1 fully saturated rings. The quantitative estimate of drug-likeness (QED) is 0.655. The molecule has 2 N–H and O–H groups in total. The first-order valence-electron chi connectivity index (χ1n) is 8.81. The maximum absolute atomic E-state index is 12.2. The molecule has 0 radical (unpaired) electrons. The Labute approximate surface area is 159 Å². The molecule has 10 heteroatoms. The van der Waals surface area contributed by atoms with Crippen LogP contribution in [0.2, 0.25) is 0 Å². The summed E-state index contributed by atoms with van der Waals surface area (Å²) < 4.78 is 30.2. The summed E-state index contributed by atoms with van der Waals surface area (Å²) >= 11 is 0. The van der Waals surface area contributed by atoms with Crippen molar-refractivity contribution in [2.45, 2.75) is 11.8 Å². The largest absolute Gasteiger partial charge is 0.450 e. The average molecular weight is 399 g/mol. The van der Waals surface area contributed by atoms with Gasteiger partial charge in [-0.05, 0) is 31.2 Å². The number of piperazine rings is 1. The van der Waals surface area contributed by atoms with E-state index < -0.39 is 10.0 Å². The standard InChI is InChI=1S/C17H26N4O5S/c1-4-26-17(23)21-11-9-20(10-12-21)13-16(22)18-14-5-7-15(8-6-14)27(24,25)19(2)3/h5-8H,4,9-13H2,1-3H3,(H,18,22)/p+1. The van der Waals surface area contributed by atoms with Crippen LogP contribution < -0.4 is 10.2 Å². The van der Waals surface area contributed by atoms with Crippen molar-refractivity contribution >= 4 is 27.7 Å². The van der Waals surface area contributed by atoms with Crippen LogP contribution in [-0.4, -0.2) is 83.0 Å². The lowest BCUT2D eigenvalue weighted by Gasteiger charge is -2.31. The average Bonchev–Trinajstić information content (AvgIpc) is 2.62. The number of nitrogens with zero attached hydrogens (tertiary/aromatic N) is 2. The van der Waals surface area contributed by atoms with Gasteiger partial charge in [0.05, 0.1) is 37.7 Å². The Morgan fingerprint density at radius 2 is 1.78 bits per heavy atom. The molecule has 0 aromatic heterocycles. The number of quaternary nitrogens is 1. The van der Waals surface area contributed by atoms with Gasteiger partial charge < -0.3 is 15.0 Å². The van der Waals surface area contributed by atoms with Crippen LogP contribution in [0.1, 0.15) is 6.92 Å². The van der Waals surface area contributed by atoms with Gasteiger partial charge in [-0.25, -0.2) is 17.5 Å². The van der Waals surface area contributed by atoms with Gasteiger partial charge in [0.15, 0.2) is 6.54 Å². The van der Waals surface area contributed by atoms with E-state index in [-0.39, 0.29) is 23.4 Å². The van der Waals surface area contributed by atoms with Crippen LogP contribution in [0.3, 0.4) is 0 Å². The molecule has 0 bridgehead atoms. The lowest BCUT2D eigenvalue weighted by atomic mass is 10.3. The number of hydrogen-bond acceptors (Lipinski definition) is 5. The Bertz CT molecular complexity index is 756. The molecular formula is C17H27N4O5S+. The summed E-state index contributed by atoms with van der Waals surface area (Å²) in [7, 11) is -0.552. The highest BCUT2D eigenvalue weighted by Crippen LogP contribution is 2.16. The van der Waals surface area contributed by atoms with Crippen molar-refractivity contribution in [1.29, 1.82) is 0 Å². The van der Waals surface area contributed by atoms with E-state index in [1.807, 2.05) is 0 Å². The molecule has 150 valence electrons. The number of rotatable bonds is 6. The maximum atomic E-state index is 12.2. The lowest BCUT2D eigenvalue weighted by Crippen LogP contribution is -3.15. The van der Waals surface area contributed by atoms with Gasteiger partial charge in [-0.1, -0.05) is 0 Å². The molecular weight excluding hydrogens is 372 g/mol. The summed E-state index contributed by atoms with van der Waals surface area (Å²) in [6.07, 6.45) is -0.311. The van der Waals surface area contributed by atoms with Crippen molar-refractivity contribution in [2.24, 2.45) is 0 Å². The number of hydrogen-bond donors (Lipinski definition) is 2. The summed E-state index contributed by atoms with van der Waals surface area (Å²) in [5, 5.41) is 2.78. The zero-order chi connectivity index (χ0) is 20.0. The molecule has 2 amide bonds. The first-order chi connectivity index (χ1) is 12.7. The third-order valence-electron chi connectivity index (χ3n) is 4.32. The summed E-state index contributed by atoms with van der Waals surface area (Å²) in [5.74, 6) is -0.155. The van der Waals surface area contributed by atoms with E-state index in [0.717, 1.165) is 9.21 Å². The Hall–Kier alpha value is -2.17. The van der Waals surface area contributed by atoms with Crippen LogP contribution in [0.25, 0.3) is 0 Å². The summed E-state index contributed by atoms with van der Waals surface area (Å²) in [6, 6.07) is 6.08. The van der Waals surface area contributed by atoms with Crippen LogP contribution in [0.5, 0.6) is 0 Å². The van der Waals surface area contributed by atoms with E-state index in [9.17, 15) is 18.0 Å². The molecule has 2 rings (SSSR count). The first kappa shape index (κ1) is 21.1. The minimum absolute atomic E-state index is 0.155. The number of nitrogens with one attached hydrogen (secondary N) is 2. The van der Waals surface area contributed by atoms with Gasteiger partial charge in [0, 0.05) is 19.8 Å². The number of benzene rings is 1. The van der Waals surface area contributed by atoms with Crippen molar-refractivity contribution in [3.63, 3.8) is 0 Å². The normalized spacial score (nSPS) is 15.6. The van der Waals surface area contributed by atoms with Crippen LogP contribution >= 0.6 is 0 Å². The topological polar surface area (TPSA) is 100 Å². The second-order valence-electron chi connectivity index (χ2n) is 6.47. The fourth-order valence-corrected chi connectivity index (χ4v) is 3.65. The van der Waals surface area contributed by atoms with Crippen molar-refractivity contribution in [3.8, 4) is 0 Å². The van der Waals surface area contributed by atoms with Crippen molar-refractivity contribution in [3.05, 3.63) is 24.3 Å². The van der Waals surface area contributed by atoms with Gasteiger partial charge in [-0.3, -0.25) is 9.69 Å². The highest BCUT2D eigenvalue weighted by molar-refractivity contribution is 7.89. The van der Waals surface area contributed by atoms with Gasteiger partial charge in [0.25, 0.3) is 5.91 Å². The Kier molecular flexibility index (Phi) is 7.17. The molecule has 0 unspecified atom stereocenters. The molecule has 1 saturated heterocycles. The Balaban J connectivity index is 1.84. The molecule has 0 saturated carbocycles. The van der Waals surface area contributed by atoms with Gasteiger partial charge in [0.2, 0.25) is 10.0 Å².